The van der Waals surface area contributed by atoms with Crippen molar-refractivity contribution in [2.45, 2.75) is 0 Å². The van der Waals surface area contributed by atoms with Crippen molar-refractivity contribution in [2.24, 2.45) is 0 Å². The Kier molecular flexibility index (Phi) is 4.44. The maximum absolute atomic E-state index is 6.34. The number of nitrogens with zero attached hydrogens (tertiary/aromatic N) is 3. The lowest BCUT2D eigenvalue weighted by Gasteiger charge is -2.06. The van der Waals surface area contributed by atoms with E-state index in [0.717, 1.165) is 44.2 Å². The molecule has 5 heteroatoms. The van der Waals surface area contributed by atoms with Crippen molar-refractivity contribution in [3.8, 4) is 33.9 Å². The zero-order valence-electron chi connectivity index (χ0n) is 16.9. The molecule has 6 rings (SSSR count). The summed E-state index contributed by atoms with van der Waals surface area (Å²) in [6, 6.07) is 32.2. The summed E-state index contributed by atoms with van der Waals surface area (Å²) in [5.74, 6) is 1.01. The summed E-state index contributed by atoms with van der Waals surface area (Å²) in [6.07, 6.45) is 0. The Morgan fingerprint density at radius 2 is 1.22 bits per heavy atom. The number of hydrogen-bond donors (Lipinski definition) is 0. The van der Waals surface area contributed by atoms with Crippen LogP contribution in [0.3, 0.4) is 0 Å². The molecule has 2 heterocycles. The Morgan fingerprint density at radius 1 is 0.562 bits per heavy atom. The summed E-state index contributed by atoms with van der Waals surface area (Å²) in [7, 11) is 0. The van der Waals surface area contributed by atoms with Crippen LogP contribution in [-0.2, 0) is 0 Å². The maximum atomic E-state index is 6.34. The third-order valence-corrected chi connectivity index (χ3v) is 5.66. The van der Waals surface area contributed by atoms with Gasteiger partial charge >= 0.3 is 0 Å². The minimum atomic E-state index is 0.145. The second-order valence-electron chi connectivity index (χ2n) is 7.45. The van der Waals surface area contributed by atoms with Gasteiger partial charge in [0.05, 0.1) is 5.56 Å². The van der Waals surface area contributed by atoms with Crippen LogP contribution in [-0.4, -0.2) is 15.0 Å². The highest BCUT2D eigenvalue weighted by molar-refractivity contribution is 6.28. The number of furan rings is 1. The lowest BCUT2D eigenvalue weighted by Crippen LogP contribution is -1.97. The van der Waals surface area contributed by atoms with Crippen molar-refractivity contribution in [3.05, 3.63) is 102 Å². The number of halogens is 1. The van der Waals surface area contributed by atoms with Crippen molar-refractivity contribution in [1.82, 2.24) is 15.0 Å². The number of benzene rings is 4. The van der Waals surface area contributed by atoms with Crippen LogP contribution >= 0.6 is 11.6 Å². The lowest BCUT2D eigenvalue weighted by molar-refractivity contribution is 0.669. The fraction of sp³-hybridized carbons (Fsp3) is 0. The van der Waals surface area contributed by atoms with E-state index >= 15 is 0 Å². The number of rotatable bonds is 3. The SMILES string of the molecule is Clc1nc(-c2ccccc2)nc(-c2cccc3c2oc2cccc(-c4ccccc4)c23)n1. The molecule has 0 aliphatic heterocycles. The fourth-order valence-corrected chi connectivity index (χ4v) is 4.23. The van der Waals surface area contributed by atoms with E-state index in [9.17, 15) is 0 Å². The Labute approximate surface area is 189 Å². The van der Waals surface area contributed by atoms with Crippen LogP contribution in [0.4, 0.5) is 0 Å². The van der Waals surface area contributed by atoms with Crippen molar-refractivity contribution in [3.63, 3.8) is 0 Å². The smallest absolute Gasteiger partial charge is 0.226 e. The highest BCUT2D eigenvalue weighted by Gasteiger charge is 2.18. The van der Waals surface area contributed by atoms with Gasteiger partial charge in [0.1, 0.15) is 11.2 Å². The average Bonchev–Trinajstić information content (AvgIpc) is 3.24. The van der Waals surface area contributed by atoms with Crippen LogP contribution in [0.2, 0.25) is 5.28 Å². The van der Waals surface area contributed by atoms with Gasteiger partial charge in [-0.05, 0) is 34.9 Å². The topological polar surface area (TPSA) is 51.8 Å². The molecule has 0 unspecified atom stereocenters. The predicted molar refractivity (Wildman–Crippen MR) is 128 cm³/mol. The molecule has 0 N–H and O–H groups in total. The normalized spacial score (nSPS) is 11.3. The highest BCUT2D eigenvalue weighted by Crippen LogP contribution is 2.39. The first-order valence-electron chi connectivity index (χ1n) is 10.2. The molecular formula is C27H16ClN3O. The molecule has 2 aromatic heterocycles. The van der Waals surface area contributed by atoms with E-state index in [0.29, 0.717) is 11.6 Å². The molecule has 4 aromatic carbocycles. The molecule has 0 saturated carbocycles. The molecule has 0 aliphatic carbocycles. The highest BCUT2D eigenvalue weighted by atomic mass is 35.5. The van der Waals surface area contributed by atoms with E-state index in [-0.39, 0.29) is 5.28 Å². The van der Waals surface area contributed by atoms with Gasteiger partial charge in [0.25, 0.3) is 0 Å². The molecular weight excluding hydrogens is 418 g/mol. The maximum Gasteiger partial charge on any atom is 0.226 e. The minimum absolute atomic E-state index is 0.145. The number of hydrogen-bond acceptors (Lipinski definition) is 4. The molecule has 32 heavy (non-hydrogen) atoms. The number of para-hydroxylation sites is 1. The zero-order valence-corrected chi connectivity index (χ0v) is 17.6. The minimum Gasteiger partial charge on any atom is -0.455 e. The van der Waals surface area contributed by atoms with Crippen LogP contribution in [0.15, 0.2) is 101 Å². The van der Waals surface area contributed by atoms with Crippen LogP contribution in [0, 0.1) is 0 Å². The van der Waals surface area contributed by atoms with Gasteiger partial charge in [-0.3, -0.25) is 0 Å². The van der Waals surface area contributed by atoms with Gasteiger partial charge in [-0.15, -0.1) is 0 Å². The summed E-state index contributed by atoms with van der Waals surface area (Å²) in [4.78, 5) is 13.4. The molecule has 152 valence electrons. The Balaban J connectivity index is 1.60. The van der Waals surface area contributed by atoms with E-state index in [2.05, 4.69) is 34.2 Å². The van der Waals surface area contributed by atoms with E-state index in [1.807, 2.05) is 72.8 Å². The van der Waals surface area contributed by atoms with Gasteiger partial charge in [-0.1, -0.05) is 84.9 Å². The summed E-state index contributed by atoms with van der Waals surface area (Å²) in [5, 5.41) is 2.22. The van der Waals surface area contributed by atoms with Crippen molar-refractivity contribution >= 4 is 33.5 Å². The lowest BCUT2D eigenvalue weighted by atomic mass is 9.99. The van der Waals surface area contributed by atoms with E-state index < -0.39 is 0 Å². The predicted octanol–water partition coefficient (Wildman–Crippen LogP) is 7.43. The third-order valence-electron chi connectivity index (χ3n) is 5.49. The van der Waals surface area contributed by atoms with Gasteiger partial charge in [0.15, 0.2) is 11.6 Å². The van der Waals surface area contributed by atoms with Crippen LogP contribution in [0.5, 0.6) is 0 Å². The molecule has 0 saturated heterocycles. The molecule has 0 spiro atoms. The first-order chi connectivity index (χ1) is 15.8. The quantitative estimate of drug-likeness (QED) is 0.291. The van der Waals surface area contributed by atoms with Gasteiger partial charge < -0.3 is 4.42 Å². The second kappa shape index (κ2) is 7.59. The molecule has 0 radical (unpaired) electrons. The number of fused-ring (bicyclic) bond motifs is 3. The molecule has 0 aliphatic rings. The van der Waals surface area contributed by atoms with Gasteiger partial charge in [0.2, 0.25) is 5.28 Å². The Hall–Kier alpha value is -4.02. The molecule has 6 aromatic rings. The van der Waals surface area contributed by atoms with Gasteiger partial charge in [-0.2, -0.15) is 9.97 Å². The standard InChI is InChI=1S/C27H16ClN3O/c28-27-30-25(18-11-5-2-6-12-18)29-26(31-27)21-15-7-14-20-23-19(17-9-3-1-4-10-17)13-8-16-22(23)32-24(20)21/h1-16H. The first kappa shape index (κ1) is 18.7. The Bertz CT molecular complexity index is 1580. The van der Waals surface area contributed by atoms with Crippen LogP contribution in [0.1, 0.15) is 0 Å². The average molecular weight is 434 g/mol. The Morgan fingerprint density at radius 3 is 2.00 bits per heavy atom. The van der Waals surface area contributed by atoms with Crippen molar-refractivity contribution < 1.29 is 4.42 Å². The zero-order chi connectivity index (χ0) is 21.5. The van der Waals surface area contributed by atoms with Crippen LogP contribution < -0.4 is 0 Å². The van der Waals surface area contributed by atoms with E-state index in [1.165, 1.54) is 0 Å². The summed E-state index contributed by atoms with van der Waals surface area (Å²) in [6.45, 7) is 0. The molecule has 0 amide bonds. The van der Waals surface area contributed by atoms with Gasteiger partial charge in [-0.25, -0.2) is 4.98 Å². The van der Waals surface area contributed by atoms with E-state index in [4.69, 9.17) is 21.0 Å². The van der Waals surface area contributed by atoms with Crippen molar-refractivity contribution in [2.75, 3.05) is 0 Å². The number of aromatic nitrogens is 3. The van der Waals surface area contributed by atoms with Gasteiger partial charge in [0, 0.05) is 16.3 Å². The summed E-state index contributed by atoms with van der Waals surface area (Å²) in [5.41, 5.74) is 5.46. The molecule has 0 bridgehead atoms. The largest absolute Gasteiger partial charge is 0.455 e. The summed E-state index contributed by atoms with van der Waals surface area (Å²) >= 11 is 6.29. The van der Waals surface area contributed by atoms with E-state index in [1.54, 1.807) is 0 Å². The second-order valence-corrected chi connectivity index (χ2v) is 7.78. The first-order valence-corrected chi connectivity index (χ1v) is 10.6. The molecule has 4 nitrogen and oxygen atoms in total. The fourth-order valence-electron chi connectivity index (χ4n) is 4.07. The monoisotopic (exact) mass is 433 g/mol. The summed E-state index contributed by atoms with van der Waals surface area (Å²) < 4.78 is 6.34. The van der Waals surface area contributed by atoms with Crippen molar-refractivity contribution in [1.29, 1.82) is 0 Å². The molecule has 0 fully saturated rings. The van der Waals surface area contributed by atoms with Crippen LogP contribution in [0.25, 0.3) is 55.8 Å². The third kappa shape index (κ3) is 3.13. The molecule has 0 atom stereocenters.